The summed E-state index contributed by atoms with van der Waals surface area (Å²) in [6, 6.07) is 3.01. The first-order chi connectivity index (χ1) is 11.6. The molecule has 2 amide bonds. The minimum atomic E-state index is -1.14. The van der Waals surface area contributed by atoms with Gasteiger partial charge in [-0.25, -0.2) is 4.79 Å². The minimum absolute atomic E-state index is 0.00464. The maximum Gasteiger partial charge on any atom is 0.338 e. The van der Waals surface area contributed by atoms with Crippen LogP contribution in [0.5, 0.6) is 0 Å². The second-order valence-corrected chi connectivity index (χ2v) is 6.23. The number of carboxylic acids is 1. The highest BCUT2D eigenvalue weighted by molar-refractivity contribution is 7.08. The maximum atomic E-state index is 12.4. The standard InChI is InChI=1S/C16H16N2O5S/c19-14(11-2-7-24-10-11)17-3-1-4-18(6-5-17)15(20)13-8-12(9-23-13)16(21)22/h2,7-10H,1,3-6H2,(H,21,22). The van der Waals surface area contributed by atoms with E-state index in [1.165, 1.54) is 17.4 Å². The normalized spacial score (nSPS) is 15.2. The van der Waals surface area contributed by atoms with Crippen molar-refractivity contribution in [2.45, 2.75) is 6.42 Å². The van der Waals surface area contributed by atoms with Gasteiger partial charge in [0.2, 0.25) is 0 Å². The summed E-state index contributed by atoms with van der Waals surface area (Å²) in [5, 5.41) is 12.6. The molecule has 7 nitrogen and oxygen atoms in total. The minimum Gasteiger partial charge on any atom is -0.478 e. The Labute approximate surface area is 142 Å². The van der Waals surface area contributed by atoms with Crippen LogP contribution < -0.4 is 0 Å². The van der Waals surface area contributed by atoms with E-state index in [-0.39, 0.29) is 23.1 Å². The molecular formula is C16H16N2O5S. The number of carbonyl (C=O) groups excluding carboxylic acids is 2. The van der Waals surface area contributed by atoms with Crippen molar-refractivity contribution in [2.75, 3.05) is 26.2 Å². The van der Waals surface area contributed by atoms with Crippen LogP contribution in [-0.4, -0.2) is 58.9 Å². The summed E-state index contributed by atoms with van der Waals surface area (Å²) < 4.78 is 5.06. The largest absolute Gasteiger partial charge is 0.478 e. The molecule has 1 N–H and O–H groups in total. The molecule has 8 heteroatoms. The van der Waals surface area contributed by atoms with E-state index < -0.39 is 5.97 Å². The fourth-order valence-corrected chi connectivity index (χ4v) is 3.24. The number of carboxylic acid groups (broad SMARTS) is 1. The first kappa shape index (κ1) is 16.3. The van der Waals surface area contributed by atoms with Crippen LogP contribution in [0.3, 0.4) is 0 Å². The third kappa shape index (κ3) is 3.33. The van der Waals surface area contributed by atoms with Gasteiger partial charge in [0.15, 0.2) is 5.76 Å². The monoisotopic (exact) mass is 348 g/mol. The Morgan fingerprint density at radius 2 is 1.75 bits per heavy atom. The summed E-state index contributed by atoms with van der Waals surface area (Å²) in [6.07, 6.45) is 1.72. The molecule has 0 unspecified atom stereocenters. The van der Waals surface area contributed by atoms with Gasteiger partial charge in [0.25, 0.3) is 11.8 Å². The van der Waals surface area contributed by atoms with Gasteiger partial charge in [0.05, 0.1) is 11.1 Å². The zero-order chi connectivity index (χ0) is 17.1. The number of nitrogens with zero attached hydrogens (tertiary/aromatic N) is 2. The summed E-state index contributed by atoms with van der Waals surface area (Å²) in [5.41, 5.74) is 0.611. The van der Waals surface area contributed by atoms with Crippen molar-refractivity contribution in [2.24, 2.45) is 0 Å². The van der Waals surface area contributed by atoms with Gasteiger partial charge in [-0.05, 0) is 17.9 Å². The van der Waals surface area contributed by atoms with Gasteiger partial charge in [-0.1, -0.05) is 0 Å². The number of aromatic carboxylic acids is 1. The van der Waals surface area contributed by atoms with Gasteiger partial charge in [0.1, 0.15) is 6.26 Å². The van der Waals surface area contributed by atoms with Gasteiger partial charge in [0, 0.05) is 37.6 Å². The molecule has 0 aliphatic carbocycles. The topological polar surface area (TPSA) is 91.1 Å². The van der Waals surface area contributed by atoms with E-state index in [1.807, 2.05) is 10.8 Å². The third-order valence-electron chi connectivity index (χ3n) is 3.90. The number of rotatable bonds is 3. The smallest absolute Gasteiger partial charge is 0.338 e. The molecule has 3 heterocycles. The first-order valence-corrected chi connectivity index (χ1v) is 8.43. The Balaban J connectivity index is 1.65. The highest BCUT2D eigenvalue weighted by atomic mass is 32.1. The van der Waals surface area contributed by atoms with Gasteiger partial charge >= 0.3 is 5.97 Å². The highest BCUT2D eigenvalue weighted by Crippen LogP contribution is 2.15. The predicted molar refractivity (Wildman–Crippen MR) is 86.4 cm³/mol. The molecule has 0 spiro atoms. The SMILES string of the molecule is O=C(O)c1coc(C(=O)N2CCCN(C(=O)c3ccsc3)CC2)c1. The second kappa shape index (κ2) is 6.88. The van der Waals surface area contributed by atoms with Crippen LogP contribution in [0.2, 0.25) is 0 Å². The van der Waals surface area contributed by atoms with Crippen LogP contribution >= 0.6 is 11.3 Å². The highest BCUT2D eigenvalue weighted by Gasteiger charge is 2.25. The molecule has 0 aromatic carbocycles. The van der Waals surface area contributed by atoms with E-state index in [2.05, 4.69) is 0 Å². The third-order valence-corrected chi connectivity index (χ3v) is 4.58. The van der Waals surface area contributed by atoms with E-state index in [4.69, 9.17) is 9.52 Å². The molecular weight excluding hydrogens is 332 g/mol. The molecule has 0 radical (unpaired) electrons. The quantitative estimate of drug-likeness (QED) is 0.916. The summed E-state index contributed by atoms with van der Waals surface area (Å²) >= 11 is 1.47. The fraction of sp³-hybridized carbons (Fsp3) is 0.312. The Morgan fingerprint density at radius 1 is 1.04 bits per heavy atom. The lowest BCUT2D eigenvalue weighted by Gasteiger charge is -2.21. The second-order valence-electron chi connectivity index (χ2n) is 5.45. The van der Waals surface area contributed by atoms with Crippen molar-refractivity contribution < 1.29 is 23.9 Å². The summed E-state index contributed by atoms with van der Waals surface area (Å²) in [5.74, 6) is -1.52. The summed E-state index contributed by atoms with van der Waals surface area (Å²) in [4.78, 5) is 39.0. The van der Waals surface area contributed by atoms with Crippen molar-refractivity contribution in [1.29, 1.82) is 0 Å². The Bertz CT molecular complexity index is 752. The van der Waals surface area contributed by atoms with Crippen molar-refractivity contribution in [3.8, 4) is 0 Å². The molecule has 126 valence electrons. The van der Waals surface area contributed by atoms with Gasteiger partial charge < -0.3 is 19.3 Å². The molecule has 1 fully saturated rings. The van der Waals surface area contributed by atoms with Crippen LogP contribution in [-0.2, 0) is 0 Å². The van der Waals surface area contributed by atoms with E-state index >= 15 is 0 Å². The average molecular weight is 348 g/mol. The molecule has 0 atom stereocenters. The van der Waals surface area contributed by atoms with Crippen LogP contribution in [0, 0.1) is 0 Å². The first-order valence-electron chi connectivity index (χ1n) is 7.49. The number of thiophene rings is 1. The molecule has 0 bridgehead atoms. The Hall–Kier alpha value is -2.61. The van der Waals surface area contributed by atoms with E-state index in [9.17, 15) is 14.4 Å². The van der Waals surface area contributed by atoms with Crippen molar-refractivity contribution in [3.05, 3.63) is 46.0 Å². The molecule has 0 saturated carbocycles. The number of hydrogen-bond donors (Lipinski definition) is 1. The maximum absolute atomic E-state index is 12.4. The molecule has 1 aliphatic heterocycles. The van der Waals surface area contributed by atoms with E-state index in [1.54, 1.807) is 15.9 Å². The van der Waals surface area contributed by atoms with Gasteiger partial charge in [-0.3, -0.25) is 9.59 Å². The lowest BCUT2D eigenvalue weighted by Crippen LogP contribution is -2.37. The van der Waals surface area contributed by atoms with Crippen molar-refractivity contribution in [3.63, 3.8) is 0 Å². The zero-order valence-corrected chi connectivity index (χ0v) is 13.6. The average Bonchev–Trinajstić information content (AvgIpc) is 3.21. The van der Waals surface area contributed by atoms with Crippen LogP contribution in [0.4, 0.5) is 0 Å². The van der Waals surface area contributed by atoms with Gasteiger partial charge in [-0.2, -0.15) is 11.3 Å². The number of furan rings is 1. The van der Waals surface area contributed by atoms with Crippen molar-refractivity contribution in [1.82, 2.24) is 9.80 Å². The summed E-state index contributed by atoms with van der Waals surface area (Å²) in [7, 11) is 0. The number of hydrogen-bond acceptors (Lipinski definition) is 5. The molecule has 3 rings (SSSR count). The van der Waals surface area contributed by atoms with Crippen LogP contribution in [0.25, 0.3) is 0 Å². The molecule has 1 aliphatic rings. The number of carbonyl (C=O) groups is 3. The van der Waals surface area contributed by atoms with E-state index in [0.717, 1.165) is 6.26 Å². The molecule has 24 heavy (non-hydrogen) atoms. The Kier molecular flexibility index (Phi) is 4.66. The Morgan fingerprint density at radius 3 is 2.33 bits per heavy atom. The van der Waals surface area contributed by atoms with Gasteiger partial charge in [-0.15, -0.1) is 0 Å². The molecule has 2 aromatic rings. The van der Waals surface area contributed by atoms with E-state index in [0.29, 0.717) is 38.2 Å². The molecule has 1 saturated heterocycles. The fourth-order valence-electron chi connectivity index (χ4n) is 2.61. The lowest BCUT2D eigenvalue weighted by atomic mass is 10.3. The number of amides is 2. The van der Waals surface area contributed by atoms with Crippen molar-refractivity contribution >= 4 is 29.1 Å². The lowest BCUT2D eigenvalue weighted by molar-refractivity contribution is 0.0694. The summed E-state index contributed by atoms with van der Waals surface area (Å²) in [6.45, 7) is 1.90. The molecule has 2 aromatic heterocycles. The van der Waals surface area contributed by atoms with Crippen LogP contribution in [0.15, 0.2) is 33.6 Å². The zero-order valence-electron chi connectivity index (χ0n) is 12.8. The predicted octanol–water partition coefficient (Wildman–Crippen LogP) is 2.03. The van der Waals surface area contributed by atoms with Crippen LogP contribution in [0.1, 0.15) is 37.7 Å².